The van der Waals surface area contributed by atoms with Crippen molar-refractivity contribution >= 4 is 21.6 Å². The maximum Gasteiger partial charge on any atom is 0.213 e. The van der Waals surface area contributed by atoms with Gasteiger partial charge in [-0.1, -0.05) is 46.3 Å². The van der Waals surface area contributed by atoms with E-state index in [4.69, 9.17) is 14.6 Å². The SMILES string of the molecule is CCOc1ccc([C@@H]2Oc3ccc(Br)cc3[C@@H]3CC(c4ccccc4)=NN32)cc1. The van der Waals surface area contributed by atoms with E-state index in [0.717, 1.165) is 44.8 Å². The molecule has 0 radical (unpaired) electrons. The summed E-state index contributed by atoms with van der Waals surface area (Å²) in [4.78, 5) is 0. The summed E-state index contributed by atoms with van der Waals surface area (Å²) in [5, 5.41) is 7.11. The third-order valence-electron chi connectivity index (χ3n) is 5.34. The van der Waals surface area contributed by atoms with E-state index in [9.17, 15) is 0 Å². The zero-order valence-electron chi connectivity index (χ0n) is 16.1. The van der Waals surface area contributed by atoms with E-state index in [1.807, 2.05) is 37.3 Å². The van der Waals surface area contributed by atoms with Crippen molar-refractivity contribution < 1.29 is 9.47 Å². The highest BCUT2D eigenvalue weighted by Gasteiger charge is 2.41. The molecule has 146 valence electrons. The Morgan fingerprint density at radius 1 is 1.07 bits per heavy atom. The second kappa shape index (κ2) is 7.56. The first kappa shape index (κ1) is 18.3. The van der Waals surface area contributed by atoms with E-state index in [2.05, 4.69) is 63.4 Å². The van der Waals surface area contributed by atoms with E-state index in [0.29, 0.717) is 6.61 Å². The van der Waals surface area contributed by atoms with Crippen LogP contribution in [-0.4, -0.2) is 17.3 Å². The van der Waals surface area contributed by atoms with Gasteiger partial charge in [-0.25, -0.2) is 5.01 Å². The maximum atomic E-state index is 6.43. The van der Waals surface area contributed by atoms with Crippen molar-refractivity contribution in [1.82, 2.24) is 5.01 Å². The molecule has 0 unspecified atom stereocenters. The Morgan fingerprint density at radius 3 is 2.62 bits per heavy atom. The highest BCUT2D eigenvalue weighted by Crippen LogP contribution is 2.48. The van der Waals surface area contributed by atoms with Crippen molar-refractivity contribution in [1.29, 1.82) is 0 Å². The average molecular weight is 449 g/mol. The number of nitrogens with zero attached hydrogens (tertiary/aromatic N) is 2. The van der Waals surface area contributed by atoms with Gasteiger partial charge >= 0.3 is 0 Å². The number of ether oxygens (including phenoxy) is 2. The summed E-state index contributed by atoms with van der Waals surface area (Å²) in [5.41, 5.74) is 4.47. The number of fused-ring (bicyclic) bond motifs is 3. The van der Waals surface area contributed by atoms with Crippen LogP contribution in [0.3, 0.4) is 0 Å². The van der Waals surface area contributed by atoms with Gasteiger partial charge in [0.15, 0.2) is 0 Å². The largest absolute Gasteiger partial charge is 0.494 e. The minimum Gasteiger partial charge on any atom is -0.494 e. The van der Waals surface area contributed by atoms with Crippen molar-refractivity contribution in [2.24, 2.45) is 5.10 Å². The van der Waals surface area contributed by atoms with Crippen LogP contribution < -0.4 is 9.47 Å². The lowest BCUT2D eigenvalue weighted by Gasteiger charge is -2.38. The molecule has 2 aliphatic rings. The normalized spacial score (nSPS) is 19.8. The van der Waals surface area contributed by atoms with E-state index < -0.39 is 0 Å². The molecule has 3 aromatic carbocycles. The molecule has 0 aliphatic carbocycles. The molecule has 5 heteroatoms. The first-order chi connectivity index (χ1) is 14.2. The molecule has 0 saturated heterocycles. The molecule has 0 amide bonds. The molecule has 0 spiro atoms. The van der Waals surface area contributed by atoms with Crippen LogP contribution in [-0.2, 0) is 0 Å². The summed E-state index contributed by atoms with van der Waals surface area (Å²) < 4.78 is 13.1. The molecule has 0 fully saturated rings. The zero-order chi connectivity index (χ0) is 19.8. The van der Waals surface area contributed by atoms with E-state index in [-0.39, 0.29) is 12.3 Å². The van der Waals surface area contributed by atoms with Gasteiger partial charge in [0.05, 0.1) is 18.4 Å². The number of rotatable bonds is 4. The number of benzene rings is 3. The van der Waals surface area contributed by atoms with Crippen LogP contribution in [0.2, 0.25) is 0 Å². The Labute approximate surface area is 178 Å². The monoisotopic (exact) mass is 448 g/mol. The molecule has 4 nitrogen and oxygen atoms in total. The Kier molecular flexibility index (Phi) is 4.76. The second-order valence-electron chi connectivity index (χ2n) is 7.17. The van der Waals surface area contributed by atoms with Crippen LogP contribution in [0.25, 0.3) is 0 Å². The quantitative estimate of drug-likeness (QED) is 0.484. The van der Waals surface area contributed by atoms with Gasteiger partial charge in [-0.3, -0.25) is 0 Å². The first-order valence-corrected chi connectivity index (χ1v) is 10.6. The third-order valence-corrected chi connectivity index (χ3v) is 5.83. The molecule has 3 aromatic rings. The molecule has 29 heavy (non-hydrogen) atoms. The van der Waals surface area contributed by atoms with Crippen molar-refractivity contribution in [2.75, 3.05) is 6.61 Å². The first-order valence-electron chi connectivity index (χ1n) is 9.83. The lowest BCUT2D eigenvalue weighted by molar-refractivity contribution is -0.0191. The van der Waals surface area contributed by atoms with Gasteiger partial charge in [0.2, 0.25) is 6.23 Å². The van der Waals surface area contributed by atoms with Crippen molar-refractivity contribution in [3.8, 4) is 11.5 Å². The summed E-state index contributed by atoms with van der Waals surface area (Å²) >= 11 is 3.60. The van der Waals surface area contributed by atoms with Crippen LogP contribution in [0.4, 0.5) is 0 Å². The number of hydrogen-bond donors (Lipinski definition) is 0. The number of hydrogen-bond acceptors (Lipinski definition) is 4. The molecular formula is C24H21BrN2O2. The van der Waals surface area contributed by atoms with E-state index in [1.54, 1.807) is 0 Å². The van der Waals surface area contributed by atoms with Crippen LogP contribution in [0, 0.1) is 0 Å². The van der Waals surface area contributed by atoms with Gasteiger partial charge in [-0.15, -0.1) is 0 Å². The lowest BCUT2D eigenvalue weighted by atomic mass is 9.96. The molecule has 0 N–H and O–H groups in total. The Hall–Kier alpha value is -2.79. The van der Waals surface area contributed by atoms with Crippen molar-refractivity contribution in [3.05, 3.63) is 94.0 Å². The summed E-state index contributed by atoms with van der Waals surface area (Å²) in [7, 11) is 0. The summed E-state index contributed by atoms with van der Waals surface area (Å²) in [6.07, 6.45) is 0.579. The van der Waals surface area contributed by atoms with E-state index in [1.165, 1.54) is 0 Å². The van der Waals surface area contributed by atoms with E-state index >= 15 is 0 Å². The highest BCUT2D eigenvalue weighted by molar-refractivity contribution is 9.10. The van der Waals surface area contributed by atoms with Crippen LogP contribution in [0.15, 0.2) is 82.4 Å². The Morgan fingerprint density at radius 2 is 1.86 bits per heavy atom. The predicted octanol–water partition coefficient (Wildman–Crippen LogP) is 6.09. The standard InChI is InChI=1S/C24H21BrN2O2/c1-2-28-19-11-8-17(9-12-19)24-27-22(20-14-18(25)10-13-23(20)29-24)15-21(26-27)16-6-4-3-5-7-16/h3-14,22,24H,2,15H2,1H3/t22-,24-/m0/s1. The summed E-state index contributed by atoms with van der Waals surface area (Å²) in [6, 6.07) is 24.8. The van der Waals surface area contributed by atoms with Crippen LogP contribution >= 0.6 is 15.9 Å². The Bertz CT molecular complexity index is 1050. The molecule has 0 saturated carbocycles. The molecule has 2 aliphatic heterocycles. The van der Waals surface area contributed by atoms with Gasteiger partial charge in [-0.2, -0.15) is 5.10 Å². The topological polar surface area (TPSA) is 34.1 Å². The number of halogens is 1. The average Bonchev–Trinajstić information content (AvgIpc) is 3.21. The van der Waals surface area contributed by atoms with Gasteiger partial charge in [0.1, 0.15) is 11.5 Å². The van der Waals surface area contributed by atoms with Crippen molar-refractivity contribution in [3.63, 3.8) is 0 Å². The van der Waals surface area contributed by atoms with Gasteiger partial charge in [-0.05, 0) is 55.0 Å². The Balaban J connectivity index is 1.56. The van der Waals surface area contributed by atoms with Crippen LogP contribution in [0.5, 0.6) is 11.5 Å². The molecular weight excluding hydrogens is 428 g/mol. The fourth-order valence-corrected chi connectivity index (χ4v) is 4.36. The fourth-order valence-electron chi connectivity index (χ4n) is 3.98. The molecule has 2 heterocycles. The highest BCUT2D eigenvalue weighted by atomic mass is 79.9. The smallest absolute Gasteiger partial charge is 0.213 e. The predicted molar refractivity (Wildman–Crippen MR) is 117 cm³/mol. The summed E-state index contributed by atoms with van der Waals surface area (Å²) in [5.74, 6) is 1.78. The minimum absolute atomic E-state index is 0.142. The van der Waals surface area contributed by atoms with Gasteiger partial charge < -0.3 is 9.47 Å². The van der Waals surface area contributed by atoms with Gasteiger partial charge in [0, 0.05) is 22.0 Å². The fraction of sp³-hybridized carbons (Fsp3) is 0.208. The zero-order valence-corrected chi connectivity index (χ0v) is 17.7. The van der Waals surface area contributed by atoms with Crippen LogP contribution in [0.1, 0.15) is 42.3 Å². The third kappa shape index (κ3) is 3.40. The molecule has 2 atom stereocenters. The minimum atomic E-state index is -0.273. The molecule has 5 rings (SSSR count). The number of hydrazone groups is 1. The van der Waals surface area contributed by atoms with Crippen molar-refractivity contribution in [2.45, 2.75) is 25.6 Å². The van der Waals surface area contributed by atoms with Gasteiger partial charge in [0.25, 0.3) is 0 Å². The molecule has 0 aromatic heterocycles. The second-order valence-corrected chi connectivity index (χ2v) is 8.08. The lowest BCUT2D eigenvalue weighted by Crippen LogP contribution is -2.33. The maximum absolute atomic E-state index is 6.43. The molecule has 0 bridgehead atoms. The summed E-state index contributed by atoms with van der Waals surface area (Å²) in [6.45, 7) is 2.64.